The summed E-state index contributed by atoms with van der Waals surface area (Å²) in [5.74, 6) is 0. The van der Waals surface area contributed by atoms with E-state index < -0.39 is 0 Å². The van der Waals surface area contributed by atoms with Crippen LogP contribution < -0.4 is 0 Å². The Bertz CT molecular complexity index is 372. The average Bonchev–Trinajstić information content (AvgIpc) is 2.31. The molecule has 1 atom stereocenters. The Hall–Kier alpha value is -1.42. The SMILES string of the molecule is O=[N+]([O-])c1ccccc1CC1CCCCO1. The number of rotatable bonds is 3. The molecule has 0 radical (unpaired) electrons. The molecule has 0 aromatic heterocycles. The van der Waals surface area contributed by atoms with Gasteiger partial charge in [-0.25, -0.2) is 0 Å². The molecule has 0 saturated carbocycles. The van der Waals surface area contributed by atoms with E-state index in [2.05, 4.69) is 0 Å². The molecule has 1 unspecified atom stereocenters. The van der Waals surface area contributed by atoms with E-state index in [1.54, 1.807) is 12.1 Å². The summed E-state index contributed by atoms with van der Waals surface area (Å²) in [5.41, 5.74) is 0.982. The van der Waals surface area contributed by atoms with Crippen molar-refractivity contribution in [3.05, 3.63) is 39.9 Å². The molecule has 1 fully saturated rings. The smallest absolute Gasteiger partial charge is 0.272 e. The van der Waals surface area contributed by atoms with Gasteiger partial charge in [0.1, 0.15) is 0 Å². The summed E-state index contributed by atoms with van der Waals surface area (Å²) in [6, 6.07) is 6.91. The summed E-state index contributed by atoms with van der Waals surface area (Å²) in [5, 5.41) is 10.8. The van der Waals surface area contributed by atoms with Gasteiger partial charge in [0.25, 0.3) is 5.69 Å². The number of nitrogens with zero attached hydrogens (tertiary/aromatic N) is 1. The average molecular weight is 221 g/mol. The number of para-hydroxylation sites is 1. The Morgan fingerprint density at radius 1 is 1.38 bits per heavy atom. The number of hydrogen-bond acceptors (Lipinski definition) is 3. The first-order valence-corrected chi connectivity index (χ1v) is 5.61. The third-order valence-electron chi connectivity index (χ3n) is 2.91. The van der Waals surface area contributed by atoms with Crippen molar-refractivity contribution in [2.24, 2.45) is 0 Å². The van der Waals surface area contributed by atoms with Crippen LogP contribution in [0.25, 0.3) is 0 Å². The minimum atomic E-state index is -0.321. The van der Waals surface area contributed by atoms with Crippen LogP contribution >= 0.6 is 0 Å². The number of hydrogen-bond donors (Lipinski definition) is 0. The van der Waals surface area contributed by atoms with Crippen molar-refractivity contribution >= 4 is 5.69 Å². The summed E-state index contributed by atoms with van der Waals surface area (Å²) >= 11 is 0. The van der Waals surface area contributed by atoms with Crippen molar-refractivity contribution in [1.82, 2.24) is 0 Å². The summed E-state index contributed by atoms with van der Waals surface area (Å²) in [7, 11) is 0. The standard InChI is InChI=1S/C12H15NO3/c14-13(15)12-7-2-1-5-10(12)9-11-6-3-4-8-16-11/h1-2,5,7,11H,3-4,6,8-9H2. The zero-order valence-corrected chi connectivity index (χ0v) is 9.09. The lowest BCUT2D eigenvalue weighted by molar-refractivity contribution is -0.385. The molecule has 1 aliphatic rings. The molecule has 1 aromatic rings. The molecule has 0 bridgehead atoms. The summed E-state index contributed by atoms with van der Waals surface area (Å²) in [4.78, 5) is 10.5. The zero-order valence-electron chi connectivity index (χ0n) is 9.09. The maximum Gasteiger partial charge on any atom is 0.272 e. The van der Waals surface area contributed by atoms with E-state index in [1.807, 2.05) is 12.1 Å². The van der Waals surface area contributed by atoms with Crippen LogP contribution in [0, 0.1) is 10.1 Å². The Balaban J connectivity index is 2.10. The topological polar surface area (TPSA) is 52.4 Å². The fraction of sp³-hybridized carbons (Fsp3) is 0.500. The predicted molar refractivity (Wildman–Crippen MR) is 60.4 cm³/mol. The lowest BCUT2D eigenvalue weighted by atomic mass is 10.0. The molecule has 4 nitrogen and oxygen atoms in total. The molecule has 1 aliphatic heterocycles. The molecule has 1 saturated heterocycles. The van der Waals surface area contributed by atoms with Gasteiger partial charge >= 0.3 is 0 Å². The third-order valence-corrected chi connectivity index (χ3v) is 2.91. The maximum atomic E-state index is 10.8. The second-order valence-electron chi connectivity index (χ2n) is 4.08. The summed E-state index contributed by atoms with van der Waals surface area (Å²) in [6.07, 6.45) is 4.07. The highest BCUT2D eigenvalue weighted by molar-refractivity contribution is 5.40. The van der Waals surface area contributed by atoms with Crippen molar-refractivity contribution in [3.8, 4) is 0 Å². The number of nitro benzene ring substituents is 1. The fourth-order valence-electron chi connectivity index (χ4n) is 2.08. The molecule has 2 rings (SSSR count). The monoisotopic (exact) mass is 221 g/mol. The highest BCUT2D eigenvalue weighted by Crippen LogP contribution is 2.23. The first-order chi connectivity index (χ1) is 7.77. The van der Waals surface area contributed by atoms with E-state index in [0.29, 0.717) is 6.42 Å². The van der Waals surface area contributed by atoms with Gasteiger partial charge in [0.15, 0.2) is 0 Å². The number of nitro groups is 1. The maximum absolute atomic E-state index is 10.8. The van der Waals surface area contributed by atoms with Gasteiger partial charge in [-0.1, -0.05) is 18.2 Å². The van der Waals surface area contributed by atoms with Gasteiger partial charge in [-0.05, 0) is 19.3 Å². The van der Waals surface area contributed by atoms with Gasteiger partial charge in [-0.3, -0.25) is 10.1 Å². The van der Waals surface area contributed by atoms with Crippen LogP contribution in [0.15, 0.2) is 24.3 Å². The zero-order chi connectivity index (χ0) is 11.4. The second kappa shape index (κ2) is 5.07. The van der Waals surface area contributed by atoms with Crippen LogP contribution in [0.4, 0.5) is 5.69 Å². The molecule has 0 spiro atoms. The highest BCUT2D eigenvalue weighted by Gasteiger charge is 2.19. The van der Waals surface area contributed by atoms with Crippen LogP contribution in [-0.4, -0.2) is 17.6 Å². The van der Waals surface area contributed by atoms with Gasteiger partial charge in [0, 0.05) is 24.7 Å². The summed E-state index contributed by atoms with van der Waals surface area (Å²) in [6.45, 7) is 0.783. The lowest BCUT2D eigenvalue weighted by Gasteiger charge is -2.22. The van der Waals surface area contributed by atoms with Gasteiger partial charge in [0.05, 0.1) is 11.0 Å². The first-order valence-electron chi connectivity index (χ1n) is 5.61. The van der Waals surface area contributed by atoms with Gasteiger partial charge in [-0.15, -0.1) is 0 Å². The lowest BCUT2D eigenvalue weighted by Crippen LogP contribution is -2.21. The molecule has 0 amide bonds. The van der Waals surface area contributed by atoms with Crippen molar-refractivity contribution in [2.75, 3.05) is 6.61 Å². The van der Waals surface area contributed by atoms with Crippen LogP contribution in [0.1, 0.15) is 24.8 Å². The Labute approximate surface area is 94.4 Å². The Morgan fingerprint density at radius 2 is 2.19 bits per heavy atom. The quantitative estimate of drug-likeness (QED) is 0.582. The highest BCUT2D eigenvalue weighted by atomic mass is 16.6. The van der Waals surface area contributed by atoms with Crippen molar-refractivity contribution < 1.29 is 9.66 Å². The summed E-state index contributed by atoms with van der Waals surface area (Å²) < 4.78 is 5.59. The Morgan fingerprint density at radius 3 is 2.88 bits per heavy atom. The molecule has 86 valence electrons. The Kier molecular flexibility index (Phi) is 3.51. The van der Waals surface area contributed by atoms with Gasteiger partial charge < -0.3 is 4.74 Å². The van der Waals surface area contributed by atoms with Gasteiger partial charge in [0.2, 0.25) is 0 Å². The van der Waals surface area contributed by atoms with Crippen LogP contribution in [0.5, 0.6) is 0 Å². The first kappa shape index (κ1) is 11.1. The van der Waals surface area contributed by atoms with E-state index in [0.717, 1.165) is 31.4 Å². The van der Waals surface area contributed by atoms with E-state index in [9.17, 15) is 10.1 Å². The third kappa shape index (κ3) is 2.58. The van der Waals surface area contributed by atoms with E-state index in [1.165, 1.54) is 0 Å². The van der Waals surface area contributed by atoms with E-state index >= 15 is 0 Å². The van der Waals surface area contributed by atoms with Crippen molar-refractivity contribution in [3.63, 3.8) is 0 Å². The largest absolute Gasteiger partial charge is 0.378 e. The van der Waals surface area contributed by atoms with Crippen LogP contribution in [-0.2, 0) is 11.2 Å². The minimum Gasteiger partial charge on any atom is -0.378 e. The van der Waals surface area contributed by atoms with Crippen LogP contribution in [0.3, 0.4) is 0 Å². The van der Waals surface area contributed by atoms with Gasteiger partial charge in [-0.2, -0.15) is 0 Å². The minimum absolute atomic E-state index is 0.148. The molecule has 1 aromatic carbocycles. The van der Waals surface area contributed by atoms with E-state index in [4.69, 9.17) is 4.74 Å². The van der Waals surface area contributed by atoms with Crippen molar-refractivity contribution in [1.29, 1.82) is 0 Å². The molecule has 1 heterocycles. The molecule has 16 heavy (non-hydrogen) atoms. The molecule has 4 heteroatoms. The number of ether oxygens (including phenoxy) is 1. The molecular formula is C12H15NO3. The molecule has 0 aliphatic carbocycles. The molecule has 0 N–H and O–H groups in total. The predicted octanol–water partition coefficient (Wildman–Crippen LogP) is 2.71. The van der Waals surface area contributed by atoms with Crippen LogP contribution in [0.2, 0.25) is 0 Å². The second-order valence-corrected chi connectivity index (χ2v) is 4.08. The molecular weight excluding hydrogens is 206 g/mol. The van der Waals surface area contributed by atoms with Crippen molar-refractivity contribution in [2.45, 2.75) is 31.8 Å². The number of benzene rings is 1. The van der Waals surface area contributed by atoms with E-state index in [-0.39, 0.29) is 16.7 Å². The normalized spacial score (nSPS) is 20.6. The fourth-order valence-corrected chi connectivity index (χ4v) is 2.08.